The molecule has 8 heavy (non-hydrogen) atoms. The lowest BCUT2D eigenvalue weighted by Crippen LogP contribution is -2.21. The van der Waals surface area contributed by atoms with Crippen molar-refractivity contribution >= 4 is 18.0 Å². The van der Waals surface area contributed by atoms with Gasteiger partial charge in [-0.3, -0.25) is 0 Å². The summed E-state index contributed by atoms with van der Waals surface area (Å²) in [6.45, 7) is 0. The van der Waals surface area contributed by atoms with E-state index in [0.29, 0.717) is 0 Å². The van der Waals surface area contributed by atoms with Crippen molar-refractivity contribution in [1.82, 2.24) is 0 Å². The second-order valence-electron chi connectivity index (χ2n) is 1.58. The van der Waals surface area contributed by atoms with Gasteiger partial charge in [0.05, 0.1) is 6.04 Å². The normalized spacial score (nSPS) is 13.2. The van der Waals surface area contributed by atoms with Crippen LogP contribution in [0, 0.1) is 0 Å². The largest absolute Gasteiger partial charge is 0.322 e. The summed E-state index contributed by atoms with van der Waals surface area (Å²) >= 11 is 1.71. The van der Waals surface area contributed by atoms with Gasteiger partial charge in [0, 0.05) is 0 Å². The van der Waals surface area contributed by atoms with Crippen LogP contribution in [-0.4, -0.2) is 24.3 Å². The Balaban J connectivity index is 2.98. The summed E-state index contributed by atoms with van der Waals surface area (Å²) in [5.41, 5.74) is 5.28. The maximum Gasteiger partial charge on any atom is 0.136 e. The number of hydrogen-bond donors (Lipinski definition) is 1. The maximum absolute atomic E-state index is 9.88. The third-order valence-corrected chi connectivity index (χ3v) is 1.47. The van der Waals surface area contributed by atoms with Gasteiger partial charge in [-0.25, -0.2) is 0 Å². The Labute approximate surface area is 53.8 Å². The van der Waals surface area contributed by atoms with Crippen LogP contribution < -0.4 is 5.73 Å². The average molecular weight is 133 g/mol. The third kappa shape index (κ3) is 4.15. The van der Waals surface area contributed by atoms with Gasteiger partial charge in [-0.2, -0.15) is 11.8 Å². The quantitative estimate of drug-likeness (QED) is 0.560. The molecule has 3 heteroatoms. The van der Waals surface area contributed by atoms with Crippen molar-refractivity contribution in [3.63, 3.8) is 0 Å². The first kappa shape index (κ1) is 7.98. The molecule has 0 heterocycles. The first-order valence-electron chi connectivity index (χ1n) is 2.51. The summed E-state index contributed by atoms with van der Waals surface area (Å²) in [7, 11) is 0. The number of rotatable bonds is 4. The van der Waals surface area contributed by atoms with Crippen LogP contribution in [0.25, 0.3) is 0 Å². The minimum Gasteiger partial charge on any atom is -0.322 e. The summed E-state index contributed by atoms with van der Waals surface area (Å²) < 4.78 is 0. The van der Waals surface area contributed by atoms with Gasteiger partial charge in [0.1, 0.15) is 6.29 Å². The molecule has 0 aliphatic carbocycles. The van der Waals surface area contributed by atoms with Crippen molar-refractivity contribution in [3.8, 4) is 0 Å². The molecule has 0 amide bonds. The van der Waals surface area contributed by atoms with E-state index in [4.69, 9.17) is 5.73 Å². The molecule has 0 saturated heterocycles. The van der Waals surface area contributed by atoms with E-state index in [2.05, 4.69) is 0 Å². The lowest BCUT2D eigenvalue weighted by Gasteiger charge is -1.98. The number of aldehydes is 1. The monoisotopic (exact) mass is 133 g/mol. The highest BCUT2D eigenvalue weighted by Crippen LogP contribution is 1.95. The molecule has 0 aliphatic rings. The predicted octanol–water partition coefficient (Wildman–Crippen LogP) is 0.266. The predicted molar refractivity (Wildman–Crippen MR) is 37.0 cm³/mol. The van der Waals surface area contributed by atoms with E-state index in [1.54, 1.807) is 11.8 Å². The van der Waals surface area contributed by atoms with Crippen LogP contribution in [0.4, 0.5) is 0 Å². The fraction of sp³-hybridized carbons (Fsp3) is 0.800. The highest BCUT2D eigenvalue weighted by molar-refractivity contribution is 7.98. The Morgan fingerprint density at radius 1 is 1.88 bits per heavy atom. The van der Waals surface area contributed by atoms with Crippen LogP contribution in [0.5, 0.6) is 0 Å². The van der Waals surface area contributed by atoms with Crippen LogP contribution in [0.3, 0.4) is 0 Å². The Morgan fingerprint density at radius 3 is 2.88 bits per heavy atom. The summed E-state index contributed by atoms with van der Waals surface area (Å²) in [4.78, 5) is 9.88. The second kappa shape index (κ2) is 5.12. The van der Waals surface area contributed by atoms with Gasteiger partial charge in [0.25, 0.3) is 0 Å². The van der Waals surface area contributed by atoms with Gasteiger partial charge < -0.3 is 10.5 Å². The smallest absolute Gasteiger partial charge is 0.136 e. The van der Waals surface area contributed by atoms with Crippen LogP contribution >= 0.6 is 11.8 Å². The zero-order valence-corrected chi connectivity index (χ0v) is 5.78. The number of nitrogens with two attached hydrogens (primary N) is 1. The summed E-state index contributed by atoms with van der Waals surface area (Å²) in [5.74, 6) is 0.972. The Bertz CT molecular complexity index is 67.4. The second-order valence-corrected chi connectivity index (χ2v) is 2.57. The lowest BCUT2D eigenvalue weighted by atomic mass is 10.3. The molecular formula is C5H11NOS. The van der Waals surface area contributed by atoms with E-state index in [-0.39, 0.29) is 6.04 Å². The zero-order chi connectivity index (χ0) is 6.41. The first-order chi connectivity index (χ1) is 3.81. The molecule has 0 radical (unpaired) electrons. The fourth-order valence-electron chi connectivity index (χ4n) is 0.322. The lowest BCUT2D eigenvalue weighted by molar-refractivity contribution is -0.108. The Hall–Kier alpha value is -0.0200. The molecule has 0 aliphatic heterocycles. The first-order valence-corrected chi connectivity index (χ1v) is 3.90. The van der Waals surface area contributed by atoms with Gasteiger partial charge in [0.2, 0.25) is 0 Å². The molecule has 0 saturated carbocycles. The van der Waals surface area contributed by atoms with E-state index < -0.39 is 0 Å². The molecule has 0 bridgehead atoms. The molecule has 48 valence electrons. The molecule has 0 spiro atoms. The molecule has 0 aromatic heterocycles. The van der Waals surface area contributed by atoms with Crippen LogP contribution in [0.2, 0.25) is 0 Å². The van der Waals surface area contributed by atoms with E-state index in [1.807, 2.05) is 6.26 Å². The van der Waals surface area contributed by atoms with Gasteiger partial charge >= 0.3 is 0 Å². The third-order valence-electron chi connectivity index (χ3n) is 0.830. The van der Waals surface area contributed by atoms with Crippen molar-refractivity contribution in [2.24, 2.45) is 5.73 Å². The van der Waals surface area contributed by atoms with Crippen molar-refractivity contribution in [2.45, 2.75) is 12.5 Å². The van der Waals surface area contributed by atoms with E-state index in [1.165, 1.54) is 0 Å². The minimum atomic E-state index is -0.248. The van der Waals surface area contributed by atoms with Crippen molar-refractivity contribution < 1.29 is 4.79 Å². The SMILES string of the molecule is CSCC[C@@H](N)C=O. The van der Waals surface area contributed by atoms with E-state index in [9.17, 15) is 4.79 Å². The summed E-state index contributed by atoms with van der Waals surface area (Å²) in [5, 5.41) is 0. The average Bonchev–Trinajstić information content (AvgIpc) is 1.83. The van der Waals surface area contributed by atoms with E-state index in [0.717, 1.165) is 18.5 Å². The number of carbonyl (C=O) groups excluding carboxylic acids is 1. The van der Waals surface area contributed by atoms with Gasteiger partial charge in [-0.15, -0.1) is 0 Å². The molecule has 0 unspecified atom stereocenters. The van der Waals surface area contributed by atoms with E-state index >= 15 is 0 Å². The Morgan fingerprint density at radius 2 is 2.50 bits per heavy atom. The minimum absolute atomic E-state index is 0.248. The van der Waals surface area contributed by atoms with Gasteiger partial charge in [-0.05, 0) is 18.4 Å². The fourth-order valence-corrected chi connectivity index (χ4v) is 0.830. The maximum atomic E-state index is 9.88. The standard InChI is InChI=1S/C5H11NOS/c1-8-3-2-5(6)4-7/h4-5H,2-3,6H2,1H3/t5-/m1/s1. The highest BCUT2D eigenvalue weighted by Gasteiger charge is 1.95. The highest BCUT2D eigenvalue weighted by atomic mass is 32.2. The number of thioether (sulfide) groups is 1. The molecule has 2 nitrogen and oxygen atoms in total. The van der Waals surface area contributed by atoms with Gasteiger partial charge in [0.15, 0.2) is 0 Å². The van der Waals surface area contributed by atoms with Crippen molar-refractivity contribution in [2.75, 3.05) is 12.0 Å². The molecule has 0 rings (SSSR count). The van der Waals surface area contributed by atoms with Gasteiger partial charge in [-0.1, -0.05) is 0 Å². The zero-order valence-electron chi connectivity index (χ0n) is 4.96. The summed E-state index contributed by atoms with van der Waals surface area (Å²) in [6.07, 6.45) is 3.58. The topological polar surface area (TPSA) is 43.1 Å². The molecule has 1 atom stereocenters. The number of carbonyl (C=O) groups is 1. The molecular weight excluding hydrogens is 122 g/mol. The molecule has 2 N–H and O–H groups in total. The molecule has 0 aromatic carbocycles. The van der Waals surface area contributed by atoms with Crippen molar-refractivity contribution in [1.29, 1.82) is 0 Å². The molecule has 0 aromatic rings. The number of hydrogen-bond acceptors (Lipinski definition) is 3. The summed E-state index contributed by atoms with van der Waals surface area (Å²) in [6, 6.07) is -0.248. The molecule has 0 fully saturated rings. The van der Waals surface area contributed by atoms with Crippen LogP contribution in [0.15, 0.2) is 0 Å². The van der Waals surface area contributed by atoms with Crippen molar-refractivity contribution in [3.05, 3.63) is 0 Å². The van der Waals surface area contributed by atoms with Crippen LogP contribution in [-0.2, 0) is 4.79 Å². The van der Waals surface area contributed by atoms with Crippen LogP contribution in [0.1, 0.15) is 6.42 Å². The Kier molecular flexibility index (Phi) is 5.11.